The summed E-state index contributed by atoms with van der Waals surface area (Å²) in [4.78, 5) is 13.0. The molecule has 1 spiro atoms. The van der Waals surface area contributed by atoms with Gasteiger partial charge in [-0.15, -0.1) is 0 Å². The number of piperidine rings is 2. The Kier molecular flexibility index (Phi) is 3.51. The standard InChI is InChI=1S/C15H21N3O/c19-17-13-1-3-14(4-2-13)18-11-7-15(8-12-18)5-9-16-10-6-15/h1-4,16H,5-12H2/p+1. The third-order valence-corrected chi connectivity index (χ3v) is 4.84. The van der Waals surface area contributed by atoms with Crippen LogP contribution in [0.2, 0.25) is 0 Å². The second kappa shape index (κ2) is 5.29. The highest BCUT2D eigenvalue weighted by Crippen LogP contribution is 2.40. The van der Waals surface area contributed by atoms with Crippen molar-refractivity contribution in [2.45, 2.75) is 25.7 Å². The van der Waals surface area contributed by atoms with Gasteiger partial charge in [0.15, 0.2) is 0 Å². The Morgan fingerprint density at radius 1 is 1.00 bits per heavy atom. The highest BCUT2D eigenvalue weighted by molar-refractivity contribution is 5.50. The summed E-state index contributed by atoms with van der Waals surface area (Å²) in [5.41, 5.74) is 2.47. The van der Waals surface area contributed by atoms with E-state index in [-0.39, 0.29) is 0 Å². The fourth-order valence-corrected chi connectivity index (χ4v) is 3.44. The zero-order valence-electron chi connectivity index (χ0n) is 11.3. The lowest BCUT2D eigenvalue weighted by molar-refractivity contribution is -0.379. The molecule has 2 fully saturated rings. The molecule has 2 saturated heterocycles. The first-order valence-electron chi connectivity index (χ1n) is 7.25. The molecule has 0 bridgehead atoms. The maximum Gasteiger partial charge on any atom is 0.253 e. The number of benzene rings is 1. The van der Waals surface area contributed by atoms with Gasteiger partial charge in [0.1, 0.15) is 0 Å². The van der Waals surface area contributed by atoms with Crippen LogP contribution < -0.4 is 15.4 Å². The number of hydrogen-bond acceptors (Lipinski definition) is 3. The molecule has 0 aromatic heterocycles. The molecule has 19 heavy (non-hydrogen) atoms. The lowest BCUT2D eigenvalue weighted by atomic mass is 9.71. The van der Waals surface area contributed by atoms with Crippen LogP contribution in [-0.2, 0) is 0 Å². The van der Waals surface area contributed by atoms with Crippen LogP contribution in [0.1, 0.15) is 25.7 Å². The third kappa shape index (κ3) is 2.63. The summed E-state index contributed by atoms with van der Waals surface area (Å²) in [5.74, 6) is 0. The van der Waals surface area contributed by atoms with Crippen molar-refractivity contribution in [3.05, 3.63) is 29.2 Å². The predicted octanol–water partition coefficient (Wildman–Crippen LogP) is 1.14. The first-order chi connectivity index (χ1) is 9.31. The first-order valence-corrected chi connectivity index (χ1v) is 7.25. The summed E-state index contributed by atoms with van der Waals surface area (Å²) in [6.07, 6.45) is 5.27. The molecule has 1 aromatic rings. The lowest BCUT2D eigenvalue weighted by Gasteiger charge is -2.45. The average molecular weight is 260 g/mol. The van der Waals surface area contributed by atoms with Gasteiger partial charge in [0.25, 0.3) is 5.69 Å². The predicted molar refractivity (Wildman–Crippen MR) is 76.4 cm³/mol. The molecular weight excluding hydrogens is 238 g/mol. The van der Waals surface area contributed by atoms with Crippen LogP contribution in [-0.4, -0.2) is 26.2 Å². The van der Waals surface area contributed by atoms with Gasteiger partial charge in [-0.25, -0.2) is 0 Å². The number of nitrogens with zero attached hydrogens (tertiary/aromatic N) is 1. The van der Waals surface area contributed by atoms with Crippen LogP contribution in [0.3, 0.4) is 0 Å². The SMILES string of the molecule is O=[NH+]c1ccc(N2CCC3(CCNCC3)CC2)cc1. The molecule has 0 amide bonds. The van der Waals surface area contributed by atoms with Gasteiger partial charge in [-0.05, 0) is 56.3 Å². The molecule has 0 saturated carbocycles. The van der Waals surface area contributed by atoms with Crippen molar-refractivity contribution in [3.63, 3.8) is 0 Å². The smallest absolute Gasteiger partial charge is 0.253 e. The number of hydrogen-bond donors (Lipinski definition) is 2. The van der Waals surface area contributed by atoms with E-state index in [2.05, 4.69) is 10.2 Å². The molecular formula is C15H22N3O+. The molecule has 2 N–H and O–H groups in total. The van der Waals surface area contributed by atoms with Crippen molar-refractivity contribution >= 4 is 11.4 Å². The van der Waals surface area contributed by atoms with Crippen LogP contribution in [0.25, 0.3) is 0 Å². The molecule has 2 aliphatic heterocycles. The fraction of sp³-hybridized carbons (Fsp3) is 0.600. The Bertz CT molecular complexity index is 427. The number of nitroso groups, excluding NO2 is 1. The largest absolute Gasteiger partial charge is 0.371 e. The molecule has 4 nitrogen and oxygen atoms in total. The highest BCUT2D eigenvalue weighted by atomic mass is 16.3. The van der Waals surface area contributed by atoms with E-state index in [9.17, 15) is 4.91 Å². The Hall–Kier alpha value is -1.42. The van der Waals surface area contributed by atoms with Crippen LogP contribution in [0.5, 0.6) is 0 Å². The Morgan fingerprint density at radius 3 is 2.21 bits per heavy atom. The minimum atomic E-state index is 0.596. The molecule has 2 aliphatic rings. The molecule has 4 heteroatoms. The van der Waals surface area contributed by atoms with E-state index in [0.717, 1.165) is 13.1 Å². The summed E-state index contributed by atoms with van der Waals surface area (Å²) in [6.45, 7) is 4.65. The van der Waals surface area contributed by atoms with Crippen LogP contribution in [0, 0.1) is 10.3 Å². The topological polar surface area (TPSA) is 46.3 Å². The minimum Gasteiger partial charge on any atom is -0.371 e. The molecule has 0 unspecified atom stereocenters. The van der Waals surface area contributed by atoms with E-state index in [4.69, 9.17) is 0 Å². The van der Waals surface area contributed by atoms with Crippen molar-refractivity contribution in [2.24, 2.45) is 5.41 Å². The summed E-state index contributed by atoms with van der Waals surface area (Å²) < 4.78 is 0. The van der Waals surface area contributed by atoms with Gasteiger partial charge in [-0.3, -0.25) is 0 Å². The van der Waals surface area contributed by atoms with E-state index in [1.165, 1.54) is 44.5 Å². The molecule has 0 aliphatic carbocycles. The second-order valence-corrected chi connectivity index (χ2v) is 5.89. The summed E-state index contributed by atoms with van der Waals surface area (Å²) in [5, 5.41) is 5.39. The third-order valence-electron chi connectivity index (χ3n) is 4.84. The number of anilines is 1. The normalized spacial score (nSPS) is 22.4. The second-order valence-electron chi connectivity index (χ2n) is 5.89. The molecule has 102 valence electrons. The zero-order chi connectivity index (χ0) is 13.1. The van der Waals surface area contributed by atoms with Crippen molar-refractivity contribution in [1.29, 1.82) is 0 Å². The summed E-state index contributed by atoms with van der Waals surface area (Å²) in [6, 6.07) is 7.80. The quantitative estimate of drug-likeness (QED) is 0.838. The molecule has 3 rings (SSSR count). The van der Waals surface area contributed by atoms with Gasteiger partial charge in [0, 0.05) is 41.0 Å². The van der Waals surface area contributed by atoms with Gasteiger partial charge < -0.3 is 10.2 Å². The van der Waals surface area contributed by atoms with Gasteiger partial charge in [0.2, 0.25) is 0 Å². The van der Waals surface area contributed by atoms with Gasteiger partial charge in [0.05, 0.1) is 0 Å². The lowest BCUT2D eigenvalue weighted by Crippen LogP contribution is -2.55. The fourth-order valence-electron chi connectivity index (χ4n) is 3.44. The van der Waals surface area contributed by atoms with Crippen molar-refractivity contribution < 1.29 is 5.18 Å². The van der Waals surface area contributed by atoms with Gasteiger partial charge in [-0.2, -0.15) is 0 Å². The zero-order valence-corrected chi connectivity index (χ0v) is 11.3. The van der Waals surface area contributed by atoms with Crippen molar-refractivity contribution in [2.75, 3.05) is 31.1 Å². The molecule has 0 atom stereocenters. The van der Waals surface area contributed by atoms with E-state index < -0.39 is 0 Å². The van der Waals surface area contributed by atoms with E-state index in [1.54, 1.807) is 0 Å². The molecule has 1 aromatic carbocycles. The van der Waals surface area contributed by atoms with Crippen LogP contribution >= 0.6 is 0 Å². The molecule has 2 heterocycles. The maximum atomic E-state index is 10.6. The van der Waals surface area contributed by atoms with Gasteiger partial charge >= 0.3 is 0 Å². The van der Waals surface area contributed by atoms with E-state index in [1.807, 2.05) is 29.4 Å². The van der Waals surface area contributed by atoms with Crippen molar-refractivity contribution in [1.82, 2.24) is 5.32 Å². The summed E-state index contributed by atoms with van der Waals surface area (Å²) >= 11 is 0. The van der Waals surface area contributed by atoms with Crippen LogP contribution in [0.4, 0.5) is 11.4 Å². The van der Waals surface area contributed by atoms with E-state index in [0.29, 0.717) is 11.1 Å². The van der Waals surface area contributed by atoms with Crippen molar-refractivity contribution in [3.8, 4) is 0 Å². The van der Waals surface area contributed by atoms with E-state index >= 15 is 0 Å². The summed E-state index contributed by atoms with van der Waals surface area (Å²) in [7, 11) is 0. The Labute approximate surface area is 114 Å². The minimum absolute atomic E-state index is 0.596. The first kappa shape index (κ1) is 12.6. The average Bonchev–Trinajstić information content (AvgIpc) is 2.49. The highest BCUT2D eigenvalue weighted by Gasteiger charge is 2.35. The monoisotopic (exact) mass is 260 g/mol. The molecule has 0 radical (unpaired) electrons. The number of nitrogens with one attached hydrogen (secondary N) is 2. The van der Waals surface area contributed by atoms with Gasteiger partial charge in [-0.1, -0.05) is 0 Å². The Balaban J connectivity index is 1.64. The number of rotatable bonds is 2. The Morgan fingerprint density at radius 2 is 1.63 bits per heavy atom. The maximum absolute atomic E-state index is 10.6. The van der Waals surface area contributed by atoms with Crippen LogP contribution in [0.15, 0.2) is 24.3 Å².